The van der Waals surface area contributed by atoms with Gasteiger partial charge in [-0.1, -0.05) is 24.6 Å². The number of hydrogen-bond acceptors (Lipinski definition) is 3. The minimum atomic E-state index is -0.283. The predicted molar refractivity (Wildman–Crippen MR) is 87.6 cm³/mol. The molecule has 21 heavy (non-hydrogen) atoms. The first-order chi connectivity index (χ1) is 10.00. The van der Waals surface area contributed by atoms with Gasteiger partial charge in [0.2, 0.25) is 5.91 Å². The predicted octanol–water partition coefficient (Wildman–Crippen LogP) is 2.07. The zero-order valence-corrected chi connectivity index (χ0v) is 13.6. The molecule has 0 saturated carbocycles. The molecule has 2 N–H and O–H groups in total. The standard InChI is InChI=1S/C17H27N3O/c1-5-19-11-14-10-13(2)6-7-15(14)20-9-8-17(3,12-20)16(21)18-4/h6-7,10,19H,5,8-9,11-12H2,1-4H3,(H,18,21). The lowest BCUT2D eigenvalue weighted by Crippen LogP contribution is -2.39. The number of aryl methyl sites for hydroxylation is 1. The first kappa shape index (κ1) is 15.8. The van der Waals surface area contributed by atoms with Crippen LogP contribution in [0.15, 0.2) is 18.2 Å². The molecule has 0 bridgehead atoms. The Labute approximate surface area is 127 Å². The molecule has 2 rings (SSSR count). The Balaban J connectivity index is 2.21. The van der Waals surface area contributed by atoms with Gasteiger partial charge in [0.1, 0.15) is 0 Å². The van der Waals surface area contributed by atoms with Crippen molar-refractivity contribution in [1.29, 1.82) is 0 Å². The number of rotatable bonds is 5. The Morgan fingerprint density at radius 2 is 2.19 bits per heavy atom. The highest BCUT2D eigenvalue weighted by molar-refractivity contribution is 5.83. The number of carbonyl (C=O) groups excluding carboxylic acids is 1. The number of anilines is 1. The summed E-state index contributed by atoms with van der Waals surface area (Å²) in [4.78, 5) is 14.4. The molecule has 1 aliphatic rings. The van der Waals surface area contributed by atoms with E-state index in [9.17, 15) is 4.79 Å². The zero-order chi connectivity index (χ0) is 15.5. The summed E-state index contributed by atoms with van der Waals surface area (Å²) in [5.74, 6) is 0.144. The van der Waals surface area contributed by atoms with Crippen LogP contribution in [0.3, 0.4) is 0 Å². The molecular formula is C17H27N3O. The molecule has 1 aromatic carbocycles. The van der Waals surface area contributed by atoms with Gasteiger partial charge in [0.15, 0.2) is 0 Å². The molecule has 1 amide bonds. The Kier molecular flexibility index (Phi) is 4.88. The van der Waals surface area contributed by atoms with E-state index in [-0.39, 0.29) is 11.3 Å². The quantitative estimate of drug-likeness (QED) is 0.872. The van der Waals surface area contributed by atoms with Crippen LogP contribution in [0.25, 0.3) is 0 Å². The fraction of sp³-hybridized carbons (Fsp3) is 0.588. The Morgan fingerprint density at radius 1 is 1.43 bits per heavy atom. The second-order valence-electron chi connectivity index (χ2n) is 6.22. The maximum Gasteiger partial charge on any atom is 0.227 e. The van der Waals surface area contributed by atoms with Crippen LogP contribution in [0.5, 0.6) is 0 Å². The van der Waals surface area contributed by atoms with Gasteiger partial charge >= 0.3 is 0 Å². The molecule has 0 radical (unpaired) electrons. The van der Waals surface area contributed by atoms with Crippen LogP contribution >= 0.6 is 0 Å². The molecular weight excluding hydrogens is 262 g/mol. The minimum absolute atomic E-state index is 0.144. The third kappa shape index (κ3) is 3.38. The van der Waals surface area contributed by atoms with E-state index in [1.54, 1.807) is 7.05 Å². The van der Waals surface area contributed by atoms with Crippen molar-refractivity contribution in [3.8, 4) is 0 Å². The highest BCUT2D eigenvalue weighted by Crippen LogP contribution is 2.35. The first-order valence-electron chi connectivity index (χ1n) is 7.77. The fourth-order valence-corrected chi connectivity index (χ4v) is 3.08. The van der Waals surface area contributed by atoms with E-state index in [1.807, 2.05) is 0 Å². The second kappa shape index (κ2) is 6.48. The van der Waals surface area contributed by atoms with Gasteiger partial charge in [0.05, 0.1) is 5.41 Å². The van der Waals surface area contributed by atoms with Crippen molar-refractivity contribution in [2.24, 2.45) is 5.41 Å². The smallest absolute Gasteiger partial charge is 0.227 e. The summed E-state index contributed by atoms with van der Waals surface area (Å²) in [5.41, 5.74) is 3.57. The van der Waals surface area contributed by atoms with E-state index >= 15 is 0 Å². The van der Waals surface area contributed by atoms with Crippen LogP contribution in [0.2, 0.25) is 0 Å². The largest absolute Gasteiger partial charge is 0.370 e. The van der Waals surface area contributed by atoms with Crippen molar-refractivity contribution >= 4 is 11.6 Å². The zero-order valence-electron chi connectivity index (χ0n) is 13.6. The second-order valence-corrected chi connectivity index (χ2v) is 6.22. The fourth-order valence-electron chi connectivity index (χ4n) is 3.08. The summed E-state index contributed by atoms with van der Waals surface area (Å²) < 4.78 is 0. The molecule has 4 heteroatoms. The van der Waals surface area contributed by atoms with Crippen molar-refractivity contribution in [1.82, 2.24) is 10.6 Å². The molecule has 1 unspecified atom stereocenters. The van der Waals surface area contributed by atoms with Crippen LogP contribution in [-0.2, 0) is 11.3 Å². The lowest BCUT2D eigenvalue weighted by atomic mass is 9.89. The SMILES string of the molecule is CCNCc1cc(C)ccc1N1CCC(C)(C(=O)NC)C1. The number of carbonyl (C=O) groups is 1. The summed E-state index contributed by atoms with van der Waals surface area (Å²) >= 11 is 0. The number of hydrogen-bond donors (Lipinski definition) is 2. The van der Waals surface area contributed by atoms with Crippen molar-refractivity contribution in [2.45, 2.75) is 33.7 Å². The molecule has 1 heterocycles. The van der Waals surface area contributed by atoms with Gasteiger partial charge in [0, 0.05) is 32.4 Å². The Morgan fingerprint density at radius 3 is 2.86 bits per heavy atom. The molecule has 0 spiro atoms. The molecule has 1 aliphatic heterocycles. The van der Waals surface area contributed by atoms with E-state index in [2.05, 4.69) is 54.5 Å². The van der Waals surface area contributed by atoms with Gasteiger partial charge in [-0.3, -0.25) is 4.79 Å². The van der Waals surface area contributed by atoms with Gasteiger partial charge in [-0.2, -0.15) is 0 Å². The Bertz CT molecular complexity index is 515. The molecule has 1 atom stereocenters. The Hall–Kier alpha value is -1.55. The van der Waals surface area contributed by atoms with Gasteiger partial charge in [-0.15, -0.1) is 0 Å². The van der Waals surface area contributed by atoms with Crippen LogP contribution in [0, 0.1) is 12.3 Å². The summed E-state index contributed by atoms with van der Waals surface area (Å²) in [5, 5.41) is 6.20. The van der Waals surface area contributed by atoms with Crippen molar-refractivity contribution in [3.05, 3.63) is 29.3 Å². The highest BCUT2D eigenvalue weighted by Gasteiger charge is 2.40. The van der Waals surface area contributed by atoms with Gasteiger partial charge < -0.3 is 15.5 Å². The molecule has 116 valence electrons. The number of amides is 1. The van der Waals surface area contributed by atoms with E-state index in [4.69, 9.17) is 0 Å². The third-order valence-electron chi connectivity index (χ3n) is 4.39. The summed E-state index contributed by atoms with van der Waals surface area (Å²) in [7, 11) is 1.72. The number of nitrogens with zero attached hydrogens (tertiary/aromatic N) is 1. The monoisotopic (exact) mass is 289 g/mol. The van der Waals surface area contributed by atoms with Crippen molar-refractivity contribution in [3.63, 3.8) is 0 Å². The highest BCUT2D eigenvalue weighted by atomic mass is 16.2. The van der Waals surface area contributed by atoms with Crippen molar-refractivity contribution < 1.29 is 4.79 Å². The van der Waals surface area contributed by atoms with Crippen LogP contribution in [0.4, 0.5) is 5.69 Å². The molecule has 0 aromatic heterocycles. The topological polar surface area (TPSA) is 44.4 Å². The average molecular weight is 289 g/mol. The summed E-state index contributed by atoms with van der Waals surface area (Å²) in [6.45, 7) is 9.86. The molecule has 1 aromatic rings. The van der Waals surface area contributed by atoms with E-state index in [1.165, 1.54) is 16.8 Å². The summed E-state index contributed by atoms with van der Waals surface area (Å²) in [6.07, 6.45) is 0.904. The number of benzene rings is 1. The normalized spacial score (nSPS) is 21.6. The maximum absolute atomic E-state index is 12.1. The van der Waals surface area contributed by atoms with Gasteiger partial charge in [-0.25, -0.2) is 0 Å². The lowest BCUT2D eigenvalue weighted by molar-refractivity contribution is -0.128. The van der Waals surface area contributed by atoms with Crippen molar-refractivity contribution in [2.75, 3.05) is 31.6 Å². The minimum Gasteiger partial charge on any atom is -0.370 e. The molecule has 1 saturated heterocycles. The van der Waals surface area contributed by atoms with Gasteiger partial charge in [0.25, 0.3) is 0 Å². The summed E-state index contributed by atoms with van der Waals surface area (Å²) in [6, 6.07) is 6.59. The van der Waals surface area contributed by atoms with E-state index < -0.39 is 0 Å². The molecule has 0 aliphatic carbocycles. The van der Waals surface area contributed by atoms with Gasteiger partial charge in [-0.05, 0) is 38.4 Å². The lowest BCUT2D eigenvalue weighted by Gasteiger charge is -2.26. The third-order valence-corrected chi connectivity index (χ3v) is 4.39. The average Bonchev–Trinajstić information content (AvgIpc) is 2.88. The maximum atomic E-state index is 12.1. The van der Waals surface area contributed by atoms with Crippen LogP contribution in [-0.4, -0.2) is 32.6 Å². The number of nitrogens with one attached hydrogen (secondary N) is 2. The van der Waals surface area contributed by atoms with E-state index in [0.29, 0.717) is 0 Å². The first-order valence-corrected chi connectivity index (χ1v) is 7.77. The van der Waals surface area contributed by atoms with Crippen LogP contribution in [0.1, 0.15) is 31.4 Å². The molecule has 4 nitrogen and oxygen atoms in total. The molecule has 1 fully saturated rings. The van der Waals surface area contributed by atoms with Crippen LogP contribution < -0.4 is 15.5 Å². The van der Waals surface area contributed by atoms with E-state index in [0.717, 1.165) is 32.6 Å².